The Hall–Kier alpha value is 0.423. The van der Waals surface area contributed by atoms with Gasteiger partial charge in [-0.15, -0.1) is 0 Å². The average Bonchev–Trinajstić information content (AvgIpc) is 1.94. The van der Waals surface area contributed by atoms with Gasteiger partial charge in [-0.1, -0.05) is 18.2 Å². The summed E-state index contributed by atoms with van der Waals surface area (Å²) in [6, 6.07) is 8.71. The van der Waals surface area contributed by atoms with E-state index in [1.54, 1.807) is 24.3 Å². The van der Waals surface area contributed by atoms with Gasteiger partial charge in [0.1, 0.15) is 5.75 Å². The summed E-state index contributed by atoms with van der Waals surface area (Å²) < 4.78 is 0. The Morgan fingerprint density at radius 2 is 1.27 bits per heavy atom. The van der Waals surface area contributed by atoms with Crippen LogP contribution in [0.15, 0.2) is 30.3 Å². The zero-order valence-corrected chi connectivity index (χ0v) is 8.76. The standard InChI is InChI=1S/C6H6O.2Co.H3OP/c7-6-4-2-1-3-5-6;;;1-2/h1-5,7H;;;1H,2H2. The Morgan fingerprint density at radius 1 is 0.909 bits per heavy atom. The summed E-state index contributed by atoms with van der Waals surface area (Å²) in [7, 11) is 1.42. The van der Waals surface area contributed by atoms with Gasteiger partial charge < -0.3 is 10.00 Å². The second-order valence-corrected chi connectivity index (χ2v) is 1.34. The molecule has 0 aliphatic heterocycles. The predicted molar refractivity (Wildman–Crippen MR) is 40.0 cm³/mol. The first-order valence-corrected chi connectivity index (χ1v) is 2.91. The van der Waals surface area contributed by atoms with E-state index in [1.165, 1.54) is 9.47 Å². The molecule has 2 nitrogen and oxygen atoms in total. The molecule has 68 valence electrons. The molecule has 0 aromatic heterocycles. The largest absolute Gasteiger partial charge is 0.508 e. The molecule has 1 atom stereocenters. The van der Waals surface area contributed by atoms with Crippen molar-refractivity contribution in [3.05, 3.63) is 30.3 Å². The molecule has 1 aromatic rings. The molecule has 1 aromatic carbocycles. The summed E-state index contributed by atoms with van der Waals surface area (Å²) >= 11 is 0. The first-order valence-electron chi connectivity index (χ1n) is 2.39. The molecule has 0 saturated carbocycles. The molecule has 1 unspecified atom stereocenters. The molecular weight excluding hydrogens is 253 g/mol. The zero-order chi connectivity index (χ0) is 7.11. The van der Waals surface area contributed by atoms with Crippen molar-refractivity contribution in [1.29, 1.82) is 0 Å². The van der Waals surface area contributed by atoms with Crippen molar-refractivity contribution in [3.8, 4) is 5.75 Å². The van der Waals surface area contributed by atoms with Crippen LogP contribution in [0.3, 0.4) is 0 Å². The van der Waals surface area contributed by atoms with Crippen LogP contribution in [-0.2, 0) is 33.6 Å². The normalized spacial score (nSPS) is 6.00. The number of hydrogen-bond acceptors (Lipinski definition) is 2. The molecule has 1 rings (SSSR count). The summed E-state index contributed by atoms with van der Waals surface area (Å²) in [4.78, 5) is 6.92. The number of aromatic hydroxyl groups is 1. The molecule has 5 heteroatoms. The smallest absolute Gasteiger partial charge is 0.115 e. The van der Waals surface area contributed by atoms with Crippen molar-refractivity contribution in [2.24, 2.45) is 0 Å². The van der Waals surface area contributed by atoms with Crippen LogP contribution in [0.25, 0.3) is 0 Å². The Morgan fingerprint density at radius 3 is 1.45 bits per heavy atom. The number of rotatable bonds is 0. The maximum atomic E-state index is 8.63. The van der Waals surface area contributed by atoms with E-state index in [-0.39, 0.29) is 33.6 Å². The van der Waals surface area contributed by atoms with Crippen LogP contribution >= 0.6 is 9.47 Å². The first-order chi connectivity index (χ1) is 4.39. The van der Waals surface area contributed by atoms with Gasteiger partial charge in [0.15, 0.2) is 0 Å². The molecule has 0 aliphatic carbocycles. The summed E-state index contributed by atoms with van der Waals surface area (Å²) in [6.45, 7) is 0. The van der Waals surface area contributed by atoms with Crippen LogP contribution in [0.4, 0.5) is 0 Å². The fraction of sp³-hybridized carbons (Fsp3) is 0. The SMILES string of the molecule is OP.Oc1ccccc1.[Co].[Co]. The van der Waals surface area contributed by atoms with E-state index in [4.69, 9.17) is 10.00 Å². The van der Waals surface area contributed by atoms with Crippen molar-refractivity contribution < 1.29 is 43.6 Å². The molecule has 0 heterocycles. The quantitative estimate of drug-likeness (QED) is 0.688. The molecule has 0 bridgehead atoms. The summed E-state index contributed by atoms with van der Waals surface area (Å²) in [5, 5.41) is 8.63. The van der Waals surface area contributed by atoms with E-state index in [2.05, 4.69) is 0 Å². The van der Waals surface area contributed by atoms with Crippen molar-refractivity contribution in [2.75, 3.05) is 0 Å². The Bertz CT molecular complexity index is 149. The average molecular weight is 262 g/mol. The van der Waals surface area contributed by atoms with Gasteiger partial charge in [-0.25, -0.2) is 0 Å². The number of phenolic OH excluding ortho intramolecular Hbond substituents is 1. The third-order valence-electron chi connectivity index (χ3n) is 0.756. The fourth-order valence-electron chi connectivity index (χ4n) is 0.428. The third-order valence-corrected chi connectivity index (χ3v) is 0.756. The van der Waals surface area contributed by atoms with Gasteiger partial charge in [-0.2, -0.15) is 0 Å². The van der Waals surface area contributed by atoms with Gasteiger partial charge >= 0.3 is 0 Å². The van der Waals surface area contributed by atoms with E-state index >= 15 is 0 Å². The first kappa shape index (κ1) is 17.5. The van der Waals surface area contributed by atoms with E-state index < -0.39 is 0 Å². The van der Waals surface area contributed by atoms with Gasteiger partial charge in [-0.3, -0.25) is 0 Å². The maximum Gasteiger partial charge on any atom is 0.115 e. The Labute approximate surface area is 89.1 Å². The van der Waals surface area contributed by atoms with Crippen LogP contribution in [0.5, 0.6) is 5.75 Å². The van der Waals surface area contributed by atoms with Gasteiger partial charge in [0.05, 0.1) is 0 Å². The molecule has 0 spiro atoms. The minimum atomic E-state index is 0. The van der Waals surface area contributed by atoms with Crippen molar-refractivity contribution >= 4 is 9.47 Å². The topological polar surface area (TPSA) is 40.5 Å². The predicted octanol–water partition coefficient (Wildman–Crippen LogP) is 1.16. The number of benzene rings is 1. The number of hydrogen-bond donors (Lipinski definition) is 2. The Balaban J connectivity index is -0.000000149. The number of phenols is 1. The minimum Gasteiger partial charge on any atom is -0.508 e. The molecule has 2 N–H and O–H groups in total. The molecule has 0 saturated heterocycles. The second-order valence-electron chi connectivity index (χ2n) is 1.34. The fourth-order valence-corrected chi connectivity index (χ4v) is 0.428. The monoisotopic (exact) mass is 262 g/mol. The van der Waals surface area contributed by atoms with Crippen molar-refractivity contribution in [2.45, 2.75) is 0 Å². The van der Waals surface area contributed by atoms with Crippen molar-refractivity contribution in [3.63, 3.8) is 0 Å². The minimum absolute atomic E-state index is 0. The molecule has 11 heavy (non-hydrogen) atoms. The maximum absolute atomic E-state index is 8.63. The van der Waals surface area contributed by atoms with Gasteiger partial charge in [0.25, 0.3) is 0 Å². The van der Waals surface area contributed by atoms with Gasteiger partial charge in [0.2, 0.25) is 0 Å². The molecule has 0 fully saturated rings. The molecule has 0 aliphatic rings. The van der Waals surface area contributed by atoms with E-state index in [9.17, 15) is 0 Å². The second kappa shape index (κ2) is 13.0. The summed E-state index contributed by atoms with van der Waals surface area (Å²) in [5.41, 5.74) is 0. The number of para-hydroxylation sites is 1. The summed E-state index contributed by atoms with van der Waals surface area (Å²) in [6.07, 6.45) is 0. The van der Waals surface area contributed by atoms with Crippen LogP contribution < -0.4 is 0 Å². The van der Waals surface area contributed by atoms with Gasteiger partial charge in [0, 0.05) is 33.6 Å². The molecular formula is C6H9Co2O2P. The van der Waals surface area contributed by atoms with Crippen LogP contribution in [-0.4, -0.2) is 10.00 Å². The van der Waals surface area contributed by atoms with Crippen LogP contribution in [0.2, 0.25) is 0 Å². The van der Waals surface area contributed by atoms with E-state index in [1.807, 2.05) is 6.07 Å². The summed E-state index contributed by atoms with van der Waals surface area (Å²) in [5.74, 6) is 0.322. The Kier molecular flexibility index (Phi) is 20.7. The molecule has 2 radical (unpaired) electrons. The molecule has 0 amide bonds. The zero-order valence-electron chi connectivity index (χ0n) is 5.53. The third kappa shape index (κ3) is 10.4. The van der Waals surface area contributed by atoms with E-state index in [0.717, 1.165) is 0 Å². The van der Waals surface area contributed by atoms with Gasteiger partial charge in [-0.05, 0) is 21.6 Å². The van der Waals surface area contributed by atoms with Crippen molar-refractivity contribution in [1.82, 2.24) is 0 Å². The van der Waals surface area contributed by atoms with Crippen LogP contribution in [0.1, 0.15) is 0 Å². The van der Waals surface area contributed by atoms with Crippen LogP contribution in [0, 0.1) is 0 Å². The van der Waals surface area contributed by atoms with E-state index in [0.29, 0.717) is 5.75 Å².